The van der Waals surface area contributed by atoms with E-state index in [1.807, 2.05) is 24.3 Å². The van der Waals surface area contributed by atoms with E-state index < -0.39 is 12.1 Å². The van der Waals surface area contributed by atoms with E-state index in [2.05, 4.69) is 9.97 Å². The Hall–Kier alpha value is -2.38. The average molecular weight is 337 g/mol. The molecule has 0 N–H and O–H groups in total. The van der Waals surface area contributed by atoms with Crippen LogP contribution in [0, 0.1) is 5.41 Å². The Morgan fingerprint density at radius 3 is 2.62 bits per heavy atom. The Balaban J connectivity index is 1.37. The number of rotatable bonds is 2. The molecule has 4 rings (SSSR count). The topological polar surface area (TPSA) is 55.3 Å². The largest absolute Gasteiger partial charge is 0.474 e. The molecule has 24 heavy (non-hydrogen) atoms. The molecule has 2 aliphatic rings. The van der Waals surface area contributed by atoms with Gasteiger partial charge in [-0.3, -0.25) is 4.79 Å². The van der Waals surface area contributed by atoms with Gasteiger partial charge in [-0.1, -0.05) is 12.1 Å². The number of aromatic nitrogens is 2. The highest BCUT2D eigenvalue weighted by Gasteiger charge is 2.58. The number of hydrogen-bond donors (Lipinski definition) is 0. The highest BCUT2D eigenvalue weighted by Crippen LogP contribution is 2.50. The number of likely N-dealkylation sites (tertiary alicyclic amines) is 1. The number of hydrogen-bond acceptors (Lipinski definition) is 4. The quantitative estimate of drug-likeness (QED) is 0.845. The van der Waals surface area contributed by atoms with E-state index in [1.165, 1.54) is 6.33 Å². The molecule has 2 heterocycles. The van der Waals surface area contributed by atoms with Crippen molar-refractivity contribution in [3.8, 4) is 5.88 Å². The molecule has 1 aromatic carbocycles. The minimum absolute atomic E-state index is 0.0913. The molecular weight excluding hydrogens is 323 g/mol. The molecule has 1 saturated heterocycles. The van der Waals surface area contributed by atoms with Crippen LogP contribution in [0.1, 0.15) is 12.8 Å². The van der Waals surface area contributed by atoms with Crippen molar-refractivity contribution in [3.63, 3.8) is 0 Å². The van der Waals surface area contributed by atoms with Crippen LogP contribution in [0.25, 0.3) is 10.9 Å². The standard InChI is InChI=1S/C16H14F3N3O2/c17-16(18,19)14(23)22-7-15(8-22)5-10(6-15)24-13-11-3-1-2-4-12(11)20-9-21-13/h1-4,9-10H,5-8H2. The third-order valence-electron chi connectivity index (χ3n) is 4.69. The van der Waals surface area contributed by atoms with Crippen molar-refractivity contribution < 1.29 is 22.7 Å². The number of nitrogens with zero attached hydrogens (tertiary/aromatic N) is 3. The van der Waals surface area contributed by atoms with Gasteiger partial charge in [0.2, 0.25) is 5.88 Å². The molecule has 0 radical (unpaired) electrons. The first-order chi connectivity index (χ1) is 11.4. The van der Waals surface area contributed by atoms with E-state index in [-0.39, 0.29) is 24.6 Å². The molecule has 0 atom stereocenters. The van der Waals surface area contributed by atoms with Crippen molar-refractivity contribution >= 4 is 16.8 Å². The van der Waals surface area contributed by atoms with Crippen LogP contribution in [0.2, 0.25) is 0 Å². The summed E-state index contributed by atoms with van der Waals surface area (Å²) in [5.74, 6) is -1.26. The zero-order valence-electron chi connectivity index (χ0n) is 12.6. The lowest BCUT2D eigenvalue weighted by molar-refractivity contribution is -0.205. The van der Waals surface area contributed by atoms with Crippen LogP contribution in [0.4, 0.5) is 13.2 Å². The molecule has 0 bridgehead atoms. The van der Waals surface area contributed by atoms with E-state index in [9.17, 15) is 18.0 Å². The Morgan fingerprint density at radius 2 is 1.92 bits per heavy atom. The summed E-state index contributed by atoms with van der Waals surface area (Å²) in [5, 5.41) is 0.809. The van der Waals surface area contributed by atoms with E-state index in [0.29, 0.717) is 18.7 Å². The summed E-state index contributed by atoms with van der Waals surface area (Å²) in [4.78, 5) is 20.3. The van der Waals surface area contributed by atoms with E-state index in [4.69, 9.17) is 4.74 Å². The van der Waals surface area contributed by atoms with Gasteiger partial charge in [0.15, 0.2) is 0 Å². The fourth-order valence-corrected chi connectivity index (χ4v) is 3.57. The van der Waals surface area contributed by atoms with Gasteiger partial charge in [0.05, 0.1) is 10.9 Å². The Bertz CT molecular complexity index is 789. The van der Waals surface area contributed by atoms with Crippen molar-refractivity contribution in [1.29, 1.82) is 0 Å². The predicted molar refractivity (Wildman–Crippen MR) is 78.3 cm³/mol. The predicted octanol–water partition coefficient (Wildman–Crippen LogP) is 2.56. The van der Waals surface area contributed by atoms with Crippen molar-refractivity contribution in [1.82, 2.24) is 14.9 Å². The van der Waals surface area contributed by atoms with Crippen molar-refractivity contribution in [2.45, 2.75) is 25.1 Å². The second-order valence-electron chi connectivity index (χ2n) is 6.50. The third kappa shape index (κ3) is 2.46. The summed E-state index contributed by atoms with van der Waals surface area (Å²) in [6.45, 7) is 0.297. The second-order valence-corrected chi connectivity index (χ2v) is 6.50. The first-order valence-corrected chi connectivity index (χ1v) is 7.59. The number of carbonyl (C=O) groups excluding carboxylic acids is 1. The van der Waals surface area contributed by atoms with Crippen molar-refractivity contribution in [3.05, 3.63) is 30.6 Å². The zero-order chi connectivity index (χ0) is 16.9. The molecule has 2 fully saturated rings. The summed E-state index contributed by atoms with van der Waals surface area (Å²) < 4.78 is 43.0. The van der Waals surface area contributed by atoms with Crippen LogP contribution in [0.3, 0.4) is 0 Å². The molecule has 0 unspecified atom stereocenters. The second kappa shape index (κ2) is 5.06. The number of amides is 1. The molecule has 8 heteroatoms. The lowest BCUT2D eigenvalue weighted by Crippen LogP contribution is -2.67. The molecule has 1 aromatic heterocycles. The highest BCUT2D eigenvalue weighted by molar-refractivity contribution is 5.83. The maximum atomic E-state index is 12.4. The molecular formula is C16H14F3N3O2. The van der Waals surface area contributed by atoms with Gasteiger partial charge in [-0.05, 0) is 25.0 Å². The van der Waals surface area contributed by atoms with Crippen molar-refractivity contribution in [2.75, 3.05) is 13.1 Å². The third-order valence-corrected chi connectivity index (χ3v) is 4.69. The lowest BCUT2D eigenvalue weighted by atomic mass is 9.61. The van der Waals surface area contributed by atoms with E-state index in [1.54, 1.807) is 0 Å². The average Bonchev–Trinajstić information content (AvgIpc) is 2.47. The molecule has 1 saturated carbocycles. The van der Waals surface area contributed by atoms with Crippen LogP contribution in [-0.4, -0.2) is 46.1 Å². The monoisotopic (exact) mass is 337 g/mol. The van der Waals surface area contributed by atoms with Crippen LogP contribution >= 0.6 is 0 Å². The Kier molecular flexibility index (Phi) is 3.20. The van der Waals surface area contributed by atoms with Gasteiger partial charge in [0, 0.05) is 18.5 Å². The smallest absolute Gasteiger partial charge is 0.471 e. The van der Waals surface area contributed by atoms with Crippen LogP contribution in [0.15, 0.2) is 30.6 Å². The fraction of sp³-hybridized carbons (Fsp3) is 0.438. The van der Waals surface area contributed by atoms with Crippen LogP contribution in [-0.2, 0) is 4.79 Å². The molecule has 1 aliphatic carbocycles. The maximum Gasteiger partial charge on any atom is 0.471 e. The number of alkyl halides is 3. The summed E-state index contributed by atoms with van der Waals surface area (Å²) in [6, 6.07) is 7.47. The summed E-state index contributed by atoms with van der Waals surface area (Å²) in [7, 11) is 0. The van der Waals surface area contributed by atoms with Gasteiger partial charge in [-0.15, -0.1) is 0 Å². The Labute approximate surface area is 135 Å². The van der Waals surface area contributed by atoms with Gasteiger partial charge < -0.3 is 9.64 Å². The van der Waals surface area contributed by atoms with Gasteiger partial charge in [0.1, 0.15) is 12.4 Å². The molecule has 126 valence electrons. The van der Waals surface area contributed by atoms with Gasteiger partial charge in [-0.25, -0.2) is 9.97 Å². The lowest BCUT2D eigenvalue weighted by Gasteiger charge is -2.58. The SMILES string of the molecule is O=C(N1CC2(CC(Oc3ncnc4ccccc34)C2)C1)C(F)(F)F. The summed E-state index contributed by atoms with van der Waals surface area (Å²) in [5.41, 5.74) is 0.552. The number of benzene rings is 1. The van der Waals surface area contributed by atoms with Gasteiger partial charge in [-0.2, -0.15) is 13.2 Å². The highest BCUT2D eigenvalue weighted by atomic mass is 19.4. The Morgan fingerprint density at radius 1 is 1.21 bits per heavy atom. The van der Waals surface area contributed by atoms with Gasteiger partial charge in [0.25, 0.3) is 0 Å². The maximum absolute atomic E-state index is 12.4. The zero-order valence-corrected chi connectivity index (χ0v) is 12.6. The first kappa shape index (κ1) is 15.2. The summed E-state index contributed by atoms with van der Waals surface area (Å²) >= 11 is 0. The molecule has 1 amide bonds. The number of fused-ring (bicyclic) bond motifs is 1. The van der Waals surface area contributed by atoms with Crippen LogP contribution in [0.5, 0.6) is 5.88 Å². The molecule has 1 aliphatic heterocycles. The minimum Gasteiger partial charge on any atom is -0.474 e. The fourth-order valence-electron chi connectivity index (χ4n) is 3.57. The number of para-hydroxylation sites is 1. The molecule has 1 spiro atoms. The minimum atomic E-state index is -4.79. The number of halogens is 3. The van der Waals surface area contributed by atoms with Crippen LogP contribution < -0.4 is 4.74 Å². The molecule has 2 aromatic rings. The van der Waals surface area contributed by atoms with E-state index >= 15 is 0 Å². The molecule has 5 nitrogen and oxygen atoms in total. The first-order valence-electron chi connectivity index (χ1n) is 7.59. The number of carbonyl (C=O) groups is 1. The van der Waals surface area contributed by atoms with Gasteiger partial charge >= 0.3 is 12.1 Å². The normalized spacial score (nSPS) is 19.9. The van der Waals surface area contributed by atoms with Crippen molar-refractivity contribution in [2.24, 2.45) is 5.41 Å². The number of ether oxygens (including phenoxy) is 1. The summed E-state index contributed by atoms with van der Waals surface area (Å²) in [6.07, 6.45) is -2.19. The van der Waals surface area contributed by atoms with E-state index in [0.717, 1.165) is 15.8 Å².